The van der Waals surface area contributed by atoms with E-state index < -0.39 is 0 Å². The molecule has 1 fully saturated rings. The van der Waals surface area contributed by atoms with Crippen molar-refractivity contribution in [2.75, 3.05) is 13.1 Å². The number of amides is 1. The van der Waals surface area contributed by atoms with Gasteiger partial charge in [0.2, 0.25) is 4.96 Å². The fourth-order valence-electron chi connectivity index (χ4n) is 3.02. The highest BCUT2D eigenvalue weighted by Crippen LogP contribution is 2.28. The summed E-state index contributed by atoms with van der Waals surface area (Å²) in [6.07, 6.45) is 2.32. The summed E-state index contributed by atoms with van der Waals surface area (Å²) in [4.78, 5) is 16.4. The van der Waals surface area contributed by atoms with Crippen molar-refractivity contribution in [2.24, 2.45) is 5.92 Å². The number of fused-ring (bicyclic) bond motifs is 1. The quantitative estimate of drug-likeness (QED) is 0.856. The van der Waals surface area contributed by atoms with E-state index in [1.807, 2.05) is 16.2 Å². The molecule has 0 N–H and O–H groups in total. The lowest BCUT2D eigenvalue weighted by Crippen LogP contribution is -2.39. The minimum Gasteiger partial charge on any atom is -0.338 e. The highest BCUT2D eigenvalue weighted by Gasteiger charge is 2.27. The Hall–Kier alpha value is -1.43. The number of rotatable bonds is 2. The van der Waals surface area contributed by atoms with Crippen molar-refractivity contribution < 1.29 is 4.79 Å². The number of piperidine rings is 1. The molecule has 2 aromatic rings. The Kier molecular flexibility index (Phi) is 3.73. The van der Waals surface area contributed by atoms with Crippen LogP contribution in [0, 0.1) is 12.8 Å². The van der Waals surface area contributed by atoms with Gasteiger partial charge in [-0.05, 0) is 25.7 Å². The van der Waals surface area contributed by atoms with Crippen LogP contribution in [0.4, 0.5) is 0 Å². The van der Waals surface area contributed by atoms with Gasteiger partial charge in [0.1, 0.15) is 10.7 Å². The second-order valence-corrected chi connectivity index (χ2v) is 7.32. The molecule has 0 saturated carbocycles. The first-order valence-corrected chi connectivity index (χ1v) is 8.44. The lowest BCUT2D eigenvalue weighted by molar-refractivity contribution is 0.0687. The number of thiazole rings is 1. The van der Waals surface area contributed by atoms with E-state index in [0.717, 1.165) is 40.9 Å². The number of hydrogen-bond acceptors (Lipinski definition) is 4. The van der Waals surface area contributed by atoms with Crippen LogP contribution in [0.5, 0.6) is 0 Å². The van der Waals surface area contributed by atoms with Gasteiger partial charge in [-0.1, -0.05) is 32.1 Å². The highest BCUT2D eigenvalue weighted by atomic mass is 32.1. The molecule has 0 spiro atoms. The smallest absolute Gasteiger partial charge is 0.265 e. The van der Waals surface area contributed by atoms with Crippen LogP contribution in [-0.4, -0.2) is 38.5 Å². The van der Waals surface area contributed by atoms with E-state index in [-0.39, 0.29) is 5.91 Å². The van der Waals surface area contributed by atoms with Gasteiger partial charge in [-0.25, -0.2) is 0 Å². The third kappa shape index (κ3) is 2.46. The summed E-state index contributed by atoms with van der Waals surface area (Å²) in [6, 6.07) is 0. The molecule has 1 unspecified atom stereocenters. The van der Waals surface area contributed by atoms with E-state index in [2.05, 4.69) is 31.0 Å². The van der Waals surface area contributed by atoms with Crippen LogP contribution in [0.2, 0.25) is 0 Å². The third-order valence-electron chi connectivity index (χ3n) is 4.17. The number of aromatic nitrogens is 3. The number of nitrogens with zero attached hydrogens (tertiary/aromatic N) is 4. The molecule has 21 heavy (non-hydrogen) atoms. The lowest BCUT2D eigenvalue weighted by Gasteiger charge is -2.30. The predicted octanol–water partition coefficient (Wildman–Crippen LogP) is 3.09. The van der Waals surface area contributed by atoms with Crippen LogP contribution in [0.1, 0.15) is 60.7 Å². The van der Waals surface area contributed by atoms with Crippen LogP contribution in [-0.2, 0) is 0 Å². The van der Waals surface area contributed by atoms with Crippen molar-refractivity contribution in [1.82, 2.24) is 19.5 Å². The standard InChI is InChI=1S/C15H22N4OS/c1-9(2)13-16-17-15-19(13)11(4)12(21-15)14(20)18-7-5-6-10(3)8-18/h9-10H,5-8H2,1-4H3. The van der Waals surface area contributed by atoms with Crippen LogP contribution >= 0.6 is 11.3 Å². The first-order valence-electron chi connectivity index (χ1n) is 7.62. The molecule has 2 aromatic heterocycles. The molecule has 3 heterocycles. The average Bonchev–Trinajstić information content (AvgIpc) is 2.99. The van der Waals surface area contributed by atoms with Crippen LogP contribution in [0.25, 0.3) is 4.96 Å². The molecule has 1 amide bonds. The van der Waals surface area contributed by atoms with Crippen molar-refractivity contribution in [3.63, 3.8) is 0 Å². The Labute approximate surface area is 129 Å². The minimum absolute atomic E-state index is 0.157. The van der Waals surface area contributed by atoms with E-state index in [1.54, 1.807) is 0 Å². The van der Waals surface area contributed by atoms with Gasteiger partial charge in [-0.15, -0.1) is 10.2 Å². The molecule has 0 radical (unpaired) electrons. The first-order chi connectivity index (χ1) is 9.99. The third-order valence-corrected chi connectivity index (χ3v) is 5.29. The van der Waals surface area contributed by atoms with Gasteiger partial charge in [0.25, 0.3) is 5.91 Å². The molecular weight excluding hydrogens is 284 g/mol. The van der Waals surface area contributed by atoms with E-state index in [9.17, 15) is 4.79 Å². The molecule has 1 atom stereocenters. The lowest BCUT2D eigenvalue weighted by atomic mass is 10.0. The van der Waals surface area contributed by atoms with Crippen molar-refractivity contribution in [3.05, 3.63) is 16.4 Å². The molecule has 1 saturated heterocycles. The molecule has 0 aliphatic carbocycles. The number of hydrogen-bond donors (Lipinski definition) is 0. The number of aryl methyl sites for hydroxylation is 1. The molecule has 3 rings (SSSR count). The van der Waals surface area contributed by atoms with Crippen molar-refractivity contribution in [2.45, 2.75) is 46.5 Å². The summed E-state index contributed by atoms with van der Waals surface area (Å²) in [5.74, 6) is 1.99. The van der Waals surface area contributed by atoms with Gasteiger partial charge >= 0.3 is 0 Å². The molecule has 6 heteroatoms. The Balaban J connectivity index is 1.97. The van der Waals surface area contributed by atoms with E-state index in [0.29, 0.717) is 11.8 Å². The van der Waals surface area contributed by atoms with Gasteiger partial charge in [-0.3, -0.25) is 9.20 Å². The molecule has 0 aromatic carbocycles. The molecule has 114 valence electrons. The molecule has 0 bridgehead atoms. The second kappa shape index (κ2) is 5.40. The van der Waals surface area contributed by atoms with Crippen molar-refractivity contribution in [3.8, 4) is 0 Å². The Bertz CT molecular complexity index is 673. The molecule has 5 nitrogen and oxygen atoms in total. The average molecular weight is 306 g/mol. The summed E-state index contributed by atoms with van der Waals surface area (Å²) >= 11 is 1.46. The number of carbonyl (C=O) groups is 1. The monoisotopic (exact) mass is 306 g/mol. The molecule has 1 aliphatic heterocycles. The van der Waals surface area contributed by atoms with Crippen molar-refractivity contribution >= 4 is 22.2 Å². The fraction of sp³-hybridized carbons (Fsp3) is 0.667. The Morgan fingerprint density at radius 3 is 2.81 bits per heavy atom. The Morgan fingerprint density at radius 2 is 2.14 bits per heavy atom. The summed E-state index contributed by atoms with van der Waals surface area (Å²) in [5, 5.41) is 8.46. The van der Waals surface area contributed by atoms with Crippen LogP contribution < -0.4 is 0 Å². The van der Waals surface area contributed by atoms with Gasteiger partial charge in [0.05, 0.1) is 0 Å². The van der Waals surface area contributed by atoms with Gasteiger partial charge < -0.3 is 4.90 Å². The Morgan fingerprint density at radius 1 is 1.38 bits per heavy atom. The first kappa shape index (κ1) is 14.5. The molecular formula is C15H22N4OS. The second-order valence-electron chi connectivity index (χ2n) is 6.35. The normalized spacial score (nSPS) is 19.7. The number of carbonyl (C=O) groups excluding carboxylic acids is 1. The van der Waals surface area contributed by atoms with Crippen LogP contribution in [0.3, 0.4) is 0 Å². The van der Waals surface area contributed by atoms with Gasteiger partial charge in [-0.2, -0.15) is 0 Å². The fourth-order valence-corrected chi connectivity index (χ4v) is 4.06. The van der Waals surface area contributed by atoms with E-state index in [4.69, 9.17) is 0 Å². The highest BCUT2D eigenvalue weighted by molar-refractivity contribution is 7.19. The zero-order valence-corrected chi connectivity index (χ0v) is 13.9. The summed E-state index contributed by atoms with van der Waals surface area (Å²) in [5.41, 5.74) is 0.979. The minimum atomic E-state index is 0.157. The summed E-state index contributed by atoms with van der Waals surface area (Å²) < 4.78 is 2.04. The molecule has 1 aliphatic rings. The summed E-state index contributed by atoms with van der Waals surface area (Å²) in [7, 11) is 0. The maximum absolute atomic E-state index is 12.8. The van der Waals surface area contributed by atoms with Crippen molar-refractivity contribution in [1.29, 1.82) is 0 Å². The maximum Gasteiger partial charge on any atom is 0.265 e. The maximum atomic E-state index is 12.8. The van der Waals surface area contributed by atoms with Gasteiger partial charge in [0.15, 0.2) is 0 Å². The largest absolute Gasteiger partial charge is 0.338 e. The zero-order valence-electron chi connectivity index (χ0n) is 13.1. The summed E-state index contributed by atoms with van der Waals surface area (Å²) in [6.45, 7) is 10.2. The predicted molar refractivity (Wildman–Crippen MR) is 84.0 cm³/mol. The van der Waals surface area contributed by atoms with Crippen LogP contribution in [0.15, 0.2) is 0 Å². The van der Waals surface area contributed by atoms with Gasteiger partial charge in [0, 0.05) is 24.7 Å². The number of likely N-dealkylation sites (tertiary alicyclic amines) is 1. The van der Waals surface area contributed by atoms with E-state index >= 15 is 0 Å². The topological polar surface area (TPSA) is 50.5 Å². The zero-order chi connectivity index (χ0) is 15.1. The van der Waals surface area contributed by atoms with E-state index in [1.165, 1.54) is 17.8 Å². The SMILES string of the molecule is Cc1c(C(=O)N2CCCC(C)C2)sc2nnc(C(C)C)n12.